The highest BCUT2D eigenvalue weighted by Gasteiger charge is 2.17. The molecule has 2 nitrogen and oxygen atoms in total. The van der Waals surface area contributed by atoms with E-state index in [0.29, 0.717) is 0 Å². The van der Waals surface area contributed by atoms with Gasteiger partial charge in [-0.1, -0.05) is 18.2 Å². The normalized spacial score (nSPS) is 15.5. The van der Waals surface area contributed by atoms with E-state index in [1.165, 1.54) is 36.0 Å². The summed E-state index contributed by atoms with van der Waals surface area (Å²) in [5.74, 6) is 0. The Morgan fingerprint density at radius 3 is 2.84 bits per heavy atom. The SMILES string of the molecule is CNC(Cc1ccc2c(c1)CCC2)c1ccoc1Br. The predicted octanol–water partition coefficient (Wildman–Crippen LogP) is 4.03. The summed E-state index contributed by atoms with van der Waals surface area (Å²) < 4.78 is 6.16. The monoisotopic (exact) mass is 319 g/mol. The van der Waals surface area contributed by atoms with E-state index in [2.05, 4.69) is 39.4 Å². The Balaban J connectivity index is 1.81. The van der Waals surface area contributed by atoms with Crippen molar-refractivity contribution in [2.24, 2.45) is 0 Å². The Morgan fingerprint density at radius 2 is 2.11 bits per heavy atom. The van der Waals surface area contributed by atoms with Crippen LogP contribution in [0.2, 0.25) is 0 Å². The lowest BCUT2D eigenvalue weighted by molar-refractivity contribution is 0.518. The van der Waals surface area contributed by atoms with Gasteiger partial charge in [-0.2, -0.15) is 0 Å². The molecule has 0 fully saturated rings. The number of hydrogen-bond acceptors (Lipinski definition) is 2. The fourth-order valence-corrected chi connectivity index (χ4v) is 3.43. The molecule has 1 aromatic heterocycles. The highest BCUT2D eigenvalue weighted by Crippen LogP contribution is 2.29. The average Bonchev–Trinajstić information content (AvgIpc) is 3.04. The molecule has 2 aromatic rings. The van der Waals surface area contributed by atoms with Gasteiger partial charge in [0.2, 0.25) is 0 Å². The first-order valence-corrected chi connectivity index (χ1v) is 7.58. The summed E-state index contributed by atoms with van der Waals surface area (Å²) in [6, 6.07) is 9.25. The standard InChI is InChI=1S/C16H18BrNO/c1-18-15(14-7-8-19-16(14)17)10-11-5-6-12-3-2-4-13(12)9-11/h5-9,15,18H,2-4,10H2,1H3. The van der Waals surface area contributed by atoms with Crippen LogP contribution in [0.3, 0.4) is 0 Å². The lowest BCUT2D eigenvalue weighted by Gasteiger charge is -2.16. The van der Waals surface area contributed by atoms with E-state index >= 15 is 0 Å². The molecule has 3 heteroatoms. The molecule has 19 heavy (non-hydrogen) atoms. The lowest BCUT2D eigenvalue weighted by Crippen LogP contribution is -2.18. The van der Waals surface area contributed by atoms with Crippen molar-refractivity contribution in [3.63, 3.8) is 0 Å². The molecule has 1 heterocycles. The second-order valence-corrected chi connectivity index (χ2v) is 5.87. The van der Waals surface area contributed by atoms with Crippen molar-refractivity contribution in [3.05, 3.63) is 57.5 Å². The molecule has 0 radical (unpaired) electrons. The van der Waals surface area contributed by atoms with Crippen molar-refractivity contribution in [1.82, 2.24) is 5.32 Å². The van der Waals surface area contributed by atoms with Crippen molar-refractivity contribution in [2.45, 2.75) is 31.7 Å². The fraction of sp³-hybridized carbons (Fsp3) is 0.375. The van der Waals surface area contributed by atoms with E-state index in [1.54, 1.807) is 11.8 Å². The Hall–Kier alpha value is -1.06. The molecule has 0 saturated carbocycles. The van der Waals surface area contributed by atoms with Crippen molar-refractivity contribution in [1.29, 1.82) is 0 Å². The van der Waals surface area contributed by atoms with Gasteiger partial charge in [-0.3, -0.25) is 0 Å². The summed E-state index contributed by atoms with van der Waals surface area (Å²) in [6.07, 6.45) is 6.51. The minimum Gasteiger partial charge on any atom is -0.457 e. The summed E-state index contributed by atoms with van der Waals surface area (Å²) in [5.41, 5.74) is 5.66. The zero-order valence-electron chi connectivity index (χ0n) is 11.1. The van der Waals surface area contributed by atoms with Crippen LogP contribution in [-0.2, 0) is 19.3 Å². The van der Waals surface area contributed by atoms with Gasteiger partial charge < -0.3 is 9.73 Å². The smallest absolute Gasteiger partial charge is 0.173 e. The molecule has 0 aliphatic heterocycles. The van der Waals surface area contributed by atoms with Crippen molar-refractivity contribution in [2.75, 3.05) is 7.05 Å². The van der Waals surface area contributed by atoms with Gasteiger partial charge in [-0.25, -0.2) is 0 Å². The molecule has 1 N–H and O–H groups in total. The Bertz CT molecular complexity index is 576. The van der Waals surface area contributed by atoms with E-state index in [4.69, 9.17) is 4.42 Å². The molecule has 0 spiro atoms. The number of halogens is 1. The maximum absolute atomic E-state index is 5.34. The second kappa shape index (κ2) is 5.51. The predicted molar refractivity (Wildman–Crippen MR) is 80.4 cm³/mol. The molecular weight excluding hydrogens is 302 g/mol. The molecule has 0 bridgehead atoms. The summed E-state index contributed by atoms with van der Waals surface area (Å²) in [7, 11) is 2.00. The molecular formula is C16H18BrNO. The van der Waals surface area contributed by atoms with Crippen LogP contribution in [0.1, 0.15) is 34.7 Å². The van der Waals surface area contributed by atoms with Gasteiger partial charge in [0.15, 0.2) is 4.67 Å². The minimum atomic E-state index is 0.285. The summed E-state index contributed by atoms with van der Waals surface area (Å²) in [6.45, 7) is 0. The van der Waals surface area contributed by atoms with Gasteiger partial charge in [-0.15, -0.1) is 0 Å². The van der Waals surface area contributed by atoms with Crippen LogP contribution in [0, 0.1) is 0 Å². The minimum absolute atomic E-state index is 0.285. The molecule has 100 valence electrons. The summed E-state index contributed by atoms with van der Waals surface area (Å²) >= 11 is 3.46. The first-order valence-electron chi connectivity index (χ1n) is 6.79. The third kappa shape index (κ3) is 2.63. The lowest BCUT2D eigenvalue weighted by atomic mass is 9.98. The van der Waals surface area contributed by atoms with Gasteiger partial charge in [-0.05, 0) is 71.4 Å². The first kappa shape index (κ1) is 12.9. The number of fused-ring (bicyclic) bond motifs is 1. The molecule has 3 rings (SSSR count). The zero-order chi connectivity index (χ0) is 13.2. The Labute approximate surface area is 122 Å². The van der Waals surface area contributed by atoms with Crippen molar-refractivity contribution >= 4 is 15.9 Å². The van der Waals surface area contributed by atoms with E-state index in [1.807, 2.05) is 13.1 Å². The van der Waals surface area contributed by atoms with E-state index in [-0.39, 0.29) is 6.04 Å². The molecule has 1 aromatic carbocycles. The maximum atomic E-state index is 5.34. The third-order valence-corrected chi connectivity index (χ3v) is 4.62. The van der Waals surface area contributed by atoms with Crippen LogP contribution in [0.25, 0.3) is 0 Å². The van der Waals surface area contributed by atoms with E-state index in [9.17, 15) is 0 Å². The van der Waals surface area contributed by atoms with Crippen LogP contribution in [0.5, 0.6) is 0 Å². The Kier molecular flexibility index (Phi) is 3.76. The molecule has 1 aliphatic rings. The molecule has 1 aliphatic carbocycles. The third-order valence-electron chi connectivity index (χ3n) is 3.97. The largest absolute Gasteiger partial charge is 0.457 e. The first-order chi connectivity index (χ1) is 9.28. The molecule has 0 saturated heterocycles. The number of furan rings is 1. The van der Waals surface area contributed by atoms with Crippen LogP contribution in [0.15, 0.2) is 39.6 Å². The number of rotatable bonds is 4. The average molecular weight is 320 g/mol. The van der Waals surface area contributed by atoms with Crippen LogP contribution >= 0.6 is 15.9 Å². The summed E-state index contributed by atoms with van der Waals surface area (Å²) in [5, 5.41) is 3.37. The topological polar surface area (TPSA) is 25.2 Å². The van der Waals surface area contributed by atoms with Crippen molar-refractivity contribution < 1.29 is 4.42 Å². The number of nitrogens with one attached hydrogen (secondary N) is 1. The van der Waals surface area contributed by atoms with Gasteiger partial charge >= 0.3 is 0 Å². The van der Waals surface area contributed by atoms with Gasteiger partial charge in [0.25, 0.3) is 0 Å². The van der Waals surface area contributed by atoms with Crippen LogP contribution in [0.4, 0.5) is 0 Å². The van der Waals surface area contributed by atoms with Gasteiger partial charge in [0.1, 0.15) is 0 Å². The van der Waals surface area contributed by atoms with E-state index in [0.717, 1.165) is 11.1 Å². The highest BCUT2D eigenvalue weighted by atomic mass is 79.9. The zero-order valence-corrected chi connectivity index (χ0v) is 12.7. The number of hydrogen-bond donors (Lipinski definition) is 1. The summed E-state index contributed by atoms with van der Waals surface area (Å²) in [4.78, 5) is 0. The van der Waals surface area contributed by atoms with Crippen LogP contribution in [-0.4, -0.2) is 7.05 Å². The number of benzene rings is 1. The fourth-order valence-electron chi connectivity index (χ4n) is 2.91. The van der Waals surface area contributed by atoms with Crippen LogP contribution < -0.4 is 5.32 Å². The quantitative estimate of drug-likeness (QED) is 0.920. The van der Waals surface area contributed by atoms with Gasteiger partial charge in [0.05, 0.1) is 6.26 Å². The number of aryl methyl sites for hydroxylation is 2. The van der Waals surface area contributed by atoms with Crippen molar-refractivity contribution in [3.8, 4) is 0 Å². The Morgan fingerprint density at radius 1 is 1.26 bits per heavy atom. The molecule has 0 amide bonds. The number of likely N-dealkylation sites (N-methyl/N-ethyl adjacent to an activating group) is 1. The second-order valence-electron chi connectivity index (χ2n) is 5.15. The molecule has 1 unspecified atom stereocenters. The molecule has 1 atom stereocenters. The highest BCUT2D eigenvalue weighted by molar-refractivity contribution is 9.10. The van der Waals surface area contributed by atoms with E-state index < -0.39 is 0 Å². The maximum Gasteiger partial charge on any atom is 0.173 e. The van der Waals surface area contributed by atoms with Gasteiger partial charge in [0, 0.05) is 11.6 Å².